The second-order valence-corrected chi connectivity index (χ2v) is 3.82. The van der Waals surface area contributed by atoms with Crippen LogP contribution in [-0.2, 0) is 14.4 Å². The Morgan fingerprint density at radius 1 is 1.56 bits per heavy atom. The molecule has 0 aromatic rings. The van der Waals surface area contributed by atoms with Crippen molar-refractivity contribution in [2.24, 2.45) is 0 Å². The van der Waals surface area contributed by atoms with Gasteiger partial charge in [-0.1, -0.05) is 0 Å². The number of hydrogen-bond acceptors (Lipinski definition) is 4. The van der Waals surface area contributed by atoms with E-state index in [9.17, 15) is 14.4 Å². The summed E-state index contributed by atoms with van der Waals surface area (Å²) in [5.41, 5.74) is 0. The van der Waals surface area contributed by atoms with Crippen molar-refractivity contribution in [2.75, 3.05) is 20.1 Å². The highest BCUT2D eigenvalue weighted by molar-refractivity contribution is 6.04. The van der Waals surface area contributed by atoms with Gasteiger partial charge in [0.15, 0.2) is 0 Å². The molecule has 6 nitrogen and oxygen atoms in total. The van der Waals surface area contributed by atoms with E-state index >= 15 is 0 Å². The lowest BCUT2D eigenvalue weighted by Crippen LogP contribution is -2.58. The fourth-order valence-electron chi connectivity index (χ4n) is 1.58. The average Bonchev–Trinajstić information content (AvgIpc) is 2.23. The van der Waals surface area contributed by atoms with Crippen LogP contribution in [0.25, 0.3) is 0 Å². The predicted octanol–water partition coefficient (Wildman–Crippen LogP) is -1.14. The molecule has 16 heavy (non-hydrogen) atoms. The van der Waals surface area contributed by atoms with Crippen LogP contribution in [0.15, 0.2) is 0 Å². The average molecular weight is 227 g/mol. The Morgan fingerprint density at radius 3 is 2.88 bits per heavy atom. The van der Waals surface area contributed by atoms with Gasteiger partial charge < -0.3 is 10.2 Å². The molecule has 1 atom stereocenters. The highest BCUT2D eigenvalue weighted by Crippen LogP contribution is 2.07. The van der Waals surface area contributed by atoms with E-state index in [0.29, 0.717) is 12.8 Å². The minimum Gasteiger partial charge on any atom is -0.322 e. The molecule has 90 valence electrons. The van der Waals surface area contributed by atoms with Gasteiger partial charge in [-0.05, 0) is 26.9 Å². The summed E-state index contributed by atoms with van der Waals surface area (Å²) in [6.07, 6.45) is 1.06. The SMILES string of the molecule is CNCCCC(=O)N1CC(=O)NC(=O)C1C. The van der Waals surface area contributed by atoms with Crippen LogP contribution in [0.4, 0.5) is 0 Å². The summed E-state index contributed by atoms with van der Waals surface area (Å²) in [7, 11) is 1.81. The fraction of sp³-hybridized carbons (Fsp3) is 0.700. The molecule has 1 aliphatic rings. The van der Waals surface area contributed by atoms with E-state index in [1.807, 2.05) is 7.05 Å². The van der Waals surface area contributed by atoms with Gasteiger partial charge in [0.05, 0.1) is 0 Å². The molecule has 6 heteroatoms. The number of rotatable bonds is 4. The third kappa shape index (κ3) is 3.03. The molecule has 1 rings (SSSR count). The van der Waals surface area contributed by atoms with Crippen molar-refractivity contribution in [2.45, 2.75) is 25.8 Å². The molecule has 0 spiro atoms. The Hall–Kier alpha value is -1.43. The summed E-state index contributed by atoms with van der Waals surface area (Å²) in [5.74, 6) is -0.964. The van der Waals surface area contributed by atoms with Crippen molar-refractivity contribution >= 4 is 17.7 Å². The second kappa shape index (κ2) is 5.60. The minimum absolute atomic E-state index is 0.0225. The highest BCUT2D eigenvalue weighted by atomic mass is 16.2. The zero-order valence-corrected chi connectivity index (χ0v) is 9.58. The van der Waals surface area contributed by atoms with Gasteiger partial charge in [0.25, 0.3) is 0 Å². The van der Waals surface area contributed by atoms with E-state index in [2.05, 4.69) is 10.6 Å². The van der Waals surface area contributed by atoms with Gasteiger partial charge in [-0.25, -0.2) is 0 Å². The van der Waals surface area contributed by atoms with E-state index in [1.54, 1.807) is 6.92 Å². The molecule has 1 heterocycles. The number of nitrogens with one attached hydrogen (secondary N) is 2. The molecule has 1 unspecified atom stereocenters. The molecular weight excluding hydrogens is 210 g/mol. The van der Waals surface area contributed by atoms with Crippen LogP contribution in [0.5, 0.6) is 0 Å². The molecule has 1 fully saturated rings. The van der Waals surface area contributed by atoms with Gasteiger partial charge in [-0.3, -0.25) is 19.7 Å². The summed E-state index contributed by atoms with van der Waals surface area (Å²) in [4.78, 5) is 35.5. The first-order valence-electron chi connectivity index (χ1n) is 5.34. The lowest BCUT2D eigenvalue weighted by atomic mass is 10.1. The van der Waals surface area contributed by atoms with Crippen molar-refractivity contribution in [1.29, 1.82) is 0 Å². The first kappa shape index (κ1) is 12.6. The molecule has 0 saturated carbocycles. The molecule has 0 aromatic heterocycles. The molecule has 0 bridgehead atoms. The molecule has 0 aliphatic carbocycles. The van der Waals surface area contributed by atoms with E-state index in [0.717, 1.165) is 6.54 Å². The third-order valence-electron chi connectivity index (χ3n) is 2.56. The number of imide groups is 1. The maximum absolute atomic E-state index is 11.7. The predicted molar refractivity (Wildman–Crippen MR) is 57.5 cm³/mol. The topological polar surface area (TPSA) is 78.5 Å². The molecular formula is C10H17N3O3. The number of nitrogens with zero attached hydrogens (tertiary/aromatic N) is 1. The lowest BCUT2D eigenvalue weighted by molar-refractivity contribution is -0.149. The maximum Gasteiger partial charge on any atom is 0.249 e. The molecule has 0 radical (unpaired) electrons. The smallest absolute Gasteiger partial charge is 0.249 e. The van der Waals surface area contributed by atoms with Crippen molar-refractivity contribution < 1.29 is 14.4 Å². The molecule has 3 amide bonds. The Balaban J connectivity index is 2.53. The summed E-state index contributed by atoms with van der Waals surface area (Å²) in [5, 5.41) is 5.13. The maximum atomic E-state index is 11.7. The van der Waals surface area contributed by atoms with Gasteiger partial charge in [0, 0.05) is 6.42 Å². The van der Waals surface area contributed by atoms with Crippen LogP contribution < -0.4 is 10.6 Å². The van der Waals surface area contributed by atoms with Gasteiger partial charge in [0.2, 0.25) is 17.7 Å². The normalized spacial score (nSPS) is 20.9. The van der Waals surface area contributed by atoms with Crippen molar-refractivity contribution in [3.63, 3.8) is 0 Å². The van der Waals surface area contributed by atoms with Gasteiger partial charge >= 0.3 is 0 Å². The Labute approximate surface area is 94.4 Å². The van der Waals surface area contributed by atoms with Crippen molar-refractivity contribution in [3.05, 3.63) is 0 Å². The Kier molecular flexibility index (Phi) is 4.42. The van der Waals surface area contributed by atoms with Gasteiger partial charge in [0.1, 0.15) is 12.6 Å². The number of carbonyl (C=O) groups excluding carboxylic acids is 3. The molecule has 1 aliphatic heterocycles. The summed E-state index contributed by atoms with van der Waals surface area (Å²) < 4.78 is 0. The zero-order valence-electron chi connectivity index (χ0n) is 9.58. The van der Waals surface area contributed by atoms with Crippen LogP contribution in [0.2, 0.25) is 0 Å². The first-order chi connectivity index (χ1) is 7.56. The molecule has 0 aromatic carbocycles. The van der Waals surface area contributed by atoms with Gasteiger partial charge in [-0.15, -0.1) is 0 Å². The monoisotopic (exact) mass is 227 g/mol. The first-order valence-corrected chi connectivity index (χ1v) is 5.34. The Morgan fingerprint density at radius 2 is 2.25 bits per heavy atom. The second-order valence-electron chi connectivity index (χ2n) is 3.82. The number of amides is 3. The van der Waals surface area contributed by atoms with Crippen LogP contribution in [0.3, 0.4) is 0 Å². The lowest BCUT2D eigenvalue weighted by Gasteiger charge is -2.31. The third-order valence-corrected chi connectivity index (χ3v) is 2.56. The van der Waals surface area contributed by atoms with Crippen molar-refractivity contribution in [3.8, 4) is 0 Å². The van der Waals surface area contributed by atoms with E-state index < -0.39 is 17.9 Å². The van der Waals surface area contributed by atoms with Gasteiger partial charge in [-0.2, -0.15) is 0 Å². The van der Waals surface area contributed by atoms with E-state index in [4.69, 9.17) is 0 Å². The Bertz CT molecular complexity index is 304. The molecule has 1 saturated heterocycles. The fourth-order valence-corrected chi connectivity index (χ4v) is 1.58. The largest absolute Gasteiger partial charge is 0.322 e. The number of hydrogen-bond donors (Lipinski definition) is 2. The quantitative estimate of drug-likeness (QED) is 0.470. The standard InChI is InChI=1S/C10H17N3O3/c1-7-10(16)12-8(14)6-13(7)9(15)4-3-5-11-2/h7,11H,3-6H2,1-2H3,(H,12,14,16). The van der Waals surface area contributed by atoms with Crippen LogP contribution in [0.1, 0.15) is 19.8 Å². The highest BCUT2D eigenvalue weighted by Gasteiger charge is 2.32. The zero-order chi connectivity index (χ0) is 12.1. The summed E-state index contributed by atoms with van der Waals surface area (Å²) in [6, 6.07) is -0.556. The summed E-state index contributed by atoms with van der Waals surface area (Å²) >= 11 is 0. The van der Waals surface area contributed by atoms with Crippen LogP contribution in [-0.4, -0.2) is 48.8 Å². The van der Waals surface area contributed by atoms with E-state index in [-0.39, 0.29) is 12.5 Å². The number of piperazine rings is 1. The number of carbonyl (C=O) groups is 3. The van der Waals surface area contributed by atoms with E-state index in [1.165, 1.54) is 4.90 Å². The van der Waals surface area contributed by atoms with Crippen LogP contribution in [0, 0.1) is 0 Å². The van der Waals surface area contributed by atoms with Crippen molar-refractivity contribution in [1.82, 2.24) is 15.5 Å². The summed E-state index contributed by atoms with van der Waals surface area (Å²) in [6.45, 7) is 2.34. The van der Waals surface area contributed by atoms with Crippen LogP contribution >= 0.6 is 0 Å². The minimum atomic E-state index is -0.556. The molecule has 2 N–H and O–H groups in total.